The molecule has 0 unspecified atom stereocenters. The first-order chi connectivity index (χ1) is 9.81. The number of hydrogen-bond acceptors (Lipinski definition) is 4. The van der Waals surface area contributed by atoms with Gasteiger partial charge in [-0.25, -0.2) is 13.6 Å². The monoisotopic (exact) mass is 311 g/mol. The minimum Gasteiger partial charge on any atom is -0.354 e. The van der Waals surface area contributed by atoms with E-state index in [0.717, 1.165) is 31.2 Å². The molecule has 5 N–H and O–H groups in total. The van der Waals surface area contributed by atoms with Crippen LogP contribution in [0.25, 0.3) is 0 Å². The van der Waals surface area contributed by atoms with E-state index in [2.05, 4.69) is 5.32 Å². The van der Waals surface area contributed by atoms with Gasteiger partial charge in [-0.1, -0.05) is 25.0 Å². The summed E-state index contributed by atoms with van der Waals surface area (Å²) in [4.78, 5) is 12.1. The minimum absolute atomic E-state index is 0.0853. The van der Waals surface area contributed by atoms with Crippen molar-refractivity contribution >= 4 is 15.9 Å². The van der Waals surface area contributed by atoms with Crippen LogP contribution in [-0.4, -0.2) is 26.4 Å². The van der Waals surface area contributed by atoms with Crippen LogP contribution in [0.2, 0.25) is 0 Å². The molecule has 1 fully saturated rings. The predicted octanol–water partition coefficient (Wildman–Crippen LogP) is 0.264. The van der Waals surface area contributed by atoms with Gasteiger partial charge in [-0.2, -0.15) is 0 Å². The standard InChI is InChI=1S/C14H21N3O3S/c15-14(8-1-2-9-14)13(18)17-10-7-11-3-5-12(6-4-11)21(16,19)20/h3-6H,1-2,7-10,15H2,(H,17,18)(H2,16,19,20). The number of carbonyl (C=O) groups is 1. The van der Waals surface area contributed by atoms with Crippen molar-refractivity contribution in [3.05, 3.63) is 29.8 Å². The number of carbonyl (C=O) groups excluding carboxylic acids is 1. The van der Waals surface area contributed by atoms with Crippen LogP contribution in [0.5, 0.6) is 0 Å². The Morgan fingerprint density at radius 1 is 1.19 bits per heavy atom. The van der Waals surface area contributed by atoms with Crippen molar-refractivity contribution in [2.45, 2.75) is 42.5 Å². The van der Waals surface area contributed by atoms with E-state index in [-0.39, 0.29) is 10.8 Å². The SMILES string of the molecule is NC1(C(=O)NCCc2ccc(S(N)(=O)=O)cc2)CCCC1. The lowest BCUT2D eigenvalue weighted by Gasteiger charge is -2.22. The zero-order valence-electron chi connectivity index (χ0n) is 11.8. The Morgan fingerprint density at radius 3 is 2.29 bits per heavy atom. The molecule has 1 aromatic rings. The normalized spacial score (nSPS) is 17.6. The molecule has 0 aromatic heterocycles. The van der Waals surface area contributed by atoms with E-state index in [4.69, 9.17) is 10.9 Å². The van der Waals surface area contributed by atoms with Crippen molar-refractivity contribution in [3.8, 4) is 0 Å². The largest absolute Gasteiger partial charge is 0.354 e. The van der Waals surface area contributed by atoms with Crippen molar-refractivity contribution in [3.63, 3.8) is 0 Å². The van der Waals surface area contributed by atoms with E-state index in [9.17, 15) is 13.2 Å². The molecule has 116 valence electrons. The van der Waals surface area contributed by atoms with E-state index in [0.29, 0.717) is 13.0 Å². The summed E-state index contributed by atoms with van der Waals surface area (Å²) in [5.74, 6) is -0.0962. The Balaban J connectivity index is 1.85. The highest BCUT2D eigenvalue weighted by Crippen LogP contribution is 2.27. The van der Waals surface area contributed by atoms with Crippen molar-refractivity contribution in [1.82, 2.24) is 5.32 Å². The maximum absolute atomic E-state index is 12.0. The summed E-state index contributed by atoms with van der Waals surface area (Å²) in [6, 6.07) is 6.32. The molecule has 1 amide bonds. The average molecular weight is 311 g/mol. The fraction of sp³-hybridized carbons (Fsp3) is 0.500. The summed E-state index contributed by atoms with van der Waals surface area (Å²) >= 11 is 0. The fourth-order valence-electron chi connectivity index (χ4n) is 2.58. The smallest absolute Gasteiger partial charge is 0.240 e. The minimum atomic E-state index is -3.66. The predicted molar refractivity (Wildman–Crippen MR) is 79.9 cm³/mol. The molecule has 0 aliphatic heterocycles. The van der Waals surface area contributed by atoms with E-state index in [1.165, 1.54) is 12.1 Å². The fourth-order valence-corrected chi connectivity index (χ4v) is 3.09. The third kappa shape index (κ3) is 4.03. The number of hydrogen-bond donors (Lipinski definition) is 3. The molecule has 2 rings (SSSR count). The number of amides is 1. The summed E-state index contributed by atoms with van der Waals surface area (Å²) in [5, 5.41) is 7.88. The summed E-state index contributed by atoms with van der Waals surface area (Å²) < 4.78 is 22.3. The Kier molecular flexibility index (Phi) is 4.65. The highest BCUT2D eigenvalue weighted by atomic mass is 32.2. The van der Waals surface area contributed by atoms with Crippen LogP contribution in [0.4, 0.5) is 0 Å². The van der Waals surface area contributed by atoms with Crippen LogP contribution in [0.1, 0.15) is 31.2 Å². The second-order valence-corrected chi connectivity index (χ2v) is 7.12. The molecule has 0 atom stereocenters. The molecule has 21 heavy (non-hydrogen) atoms. The van der Waals surface area contributed by atoms with E-state index in [1.807, 2.05) is 0 Å². The highest BCUT2D eigenvalue weighted by Gasteiger charge is 2.36. The van der Waals surface area contributed by atoms with Gasteiger partial charge in [-0.3, -0.25) is 4.79 Å². The first-order valence-corrected chi connectivity index (χ1v) is 8.55. The molecule has 0 heterocycles. The molecule has 7 heteroatoms. The molecule has 0 radical (unpaired) electrons. The number of primary sulfonamides is 1. The molecular formula is C14H21N3O3S. The van der Waals surface area contributed by atoms with Crippen molar-refractivity contribution in [2.75, 3.05) is 6.54 Å². The molecule has 1 aliphatic rings. The van der Waals surface area contributed by atoms with Crippen LogP contribution in [0.3, 0.4) is 0 Å². The molecule has 0 bridgehead atoms. The Labute approximate surface area is 124 Å². The maximum Gasteiger partial charge on any atom is 0.240 e. The Bertz CT molecular complexity index is 605. The third-order valence-electron chi connectivity index (χ3n) is 3.90. The number of benzene rings is 1. The van der Waals surface area contributed by atoms with Crippen LogP contribution in [0, 0.1) is 0 Å². The van der Waals surface area contributed by atoms with Crippen LogP contribution in [-0.2, 0) is 21.2 Å². The first kappa shape index (κ1) is 15.9. The summed E-state index contributed by atoms with van der Waals surface area (Å²) in [7, 11) is -3.66. The topological polar surface area (TPSA) is 115 Å². The molecule has 6 nitrogen and oxygen atoms in total. The first-order valence-electron chi connectivity index (χ1n) is 7.00. The van der Waals surface area contributed by atoms with Gasteiger partial charge >= 0.3 is 0 Å². The molecule has 0 spiro atoms. The van der Waals surface area contributed by atoms with Gasteiger partial charge in [0.15, 0.2) is 0 Å². The lowest BCUT2D eigenvalue weighted by atomic mass is 9.98. The van der Waals surface area contributed by atoms with Crippen LogP contribution >= 0.6 is 0 Å². The molecular weight excluding hydrogens is 290 g/mol. The molecule has 1 aromatic carbocycles. The van der Waals surface area contributed by atoms with Gasteiger partial charge in [0, 0.05) is 6.54 Å². The van der Waals surface area contributed by atoms with Crippen molar-refractivity contribution < 1.29 is 13.2 Å². The zero-order chi connectivity index (χ0) is 15.5. The quantitative estimate of drug-likeness (QED) is 0.723. The molecule has 1 aliphatic carbocycles. The number of sulfonamides is 1. The number of rotatable bonds is 5. The zero-order valence-corrected chi connectivity index (χ0v) is 12.7. The Morgan fingerprint density at radius 2 is 1.76 bits per heavy atom. The van der Waals surface area contributed by atoms with Gasteiger partial charge in [0.05, 0.1) is 10.4 Å². The summed E-state index contributed by atoms with van der Waals surface area (Å²) in [6.45, 7) is 0.479. The van der Waals surface area contributed by atoms with Gasteiger partial charge in [0.25, 0.3) is 0 Å². The maximum atomic E-state index is 12.0. The third-order valence-corrected chi connectivity index (χ3v) is 4.83. The molecule has 0 saturated heterocycles. The lowest BCUT2D eigenvalue weighted by molar-refractivity contribution is -0.126. The van der Waals surface area contributed by atoms with E-state index < -0.39 is 15.6 Å². The van der Waals surface area contributed by atoms with Crippen molar-refractivity contribution in [1.29, 1.82) is 0 Å². The van der Waals surface area contributed by atoms with Crippen LogP contribution < -0.4 is 16.2 Å². The summed E-state index contributed by atoms with van der Waals surface area (Å²) in [5.41, 5.74) is 6.28. The van der Waals surface area contributed by atoms with E-state index in [1.54, 1.807) is 12.1 Å². The van der Waals surface area contributed by atoms with Gasteiger partial charge in [0.1, 0.15) is 0 Å². The van der Waals surface area contributed by atoms with Crippen LogP contribution in [0.15, 0.2) is 29.2 Å². The number of nitrogens with two attached hydrogens (primary N) is 2. The van der Waals surface area contributed by atoms with E-state index >= 15 is 0 Å². The average Bonchev–Trinajstić information content (AvgIpc) is 2.86. The highest BCUT2D eigenvalue weighted by molar-refractivity contribution is 7.89. The second kappa shape index (κ2) is 6.13. The van der Waals surface area contributed by atoms with Gasteiger partial charge in [-0.15, -0.1) is 0 Å². The van der Waals surface area contributed by atoms with Gasteiger partial charge in [-0.05, 0) is 37.0 Å². The molecule has 1 saturated carbocycles. The van der Waals surface area contributed by atoms with Gasteiger partial charge < -0.3 is 11.1 Å². The Hall–Kier alpha value is -1.44. The van der Waals surface area contributed by atoms with Crippen molar-refractivity contribution in [2.24, 2.45) is 10.9 Å². The summed E-state index contributed by atoms with van der Waals surface area (Å²) in [6.07, 6.45) is 4.09. The second-order valence-electron chi connectivity index (χ2n) is 5.56. The number of nitrogens with one attached hydrogen (secondary N) is 1. The van der Waals surface area contributed by atoms with Gasteiger partial charge in [0.2, 0.25) is 15.9 Å². The lowest BCUT2D eigenvalue weighted by Crippen LogP contribution is -2.52.